The van der Waals surface area contributed by atoms with E-state index in [-0.39, 0.29) is 18.2 Å². The van der Waals surface area contributed by atoms with Crippen LogP contribution in [0.5, 0.6) is 0 Å². The molecule has 152 valence electrons. The van der Waals surface area contributed by atoms with Crippen LogP contribution in [0.15, 0.2) is 30.3 Å². The number of fused-ring (bicyclic) bond motifs is 1. The predicted molar refractivity (Wildman–Crippen MR) is 112 cm³/mol. The van der Waals surface area contributed by atoms with Crippen LogP contribution in [0.2, 0.25) is 0 Å². The number of nitrogens with zero attached hydrogens (tertiary/aromatic N) is 4. The Bertz CT molecular complexity index is 1070. The highest BCUT2D eigenvalue weighted by Gasteiger charge is 2.14. The minimum Gasteiger partial charge on any atom is -0.378 e. The zero-order valence-corrected chi connectivity index (χ0v) is 17.4. The Hall–Kier alpha value is -3.42. The van der Waals surface area contributed by atoms with Gasteiger partial charge in [-0.3, -0.25) is 20.4 Å². The van der Waals surface area contributed by atoms with E-state index in [0.717, 1.165) is 34.0 Å². The molecule has 29 heavy (non-hydrogen) atoms. The summed E-state index contributed by atoms with van der Waals surface area (Å²) in [5, 5.41) is 4.45. The molecule has 0 atom stereocenters. The highest BCUT2D eigenvalue weighted by molar-refractivity contribution is 5.96. The second kappa shape index (κ2) is 8.30. The van der Waals surface area contributed by atoms with Gasteiger partial charge in [0.25, 0.3) is 5.91 Å². The van der Waals surface area contributed by atoms with Crippen molar-refractivity contribution in [3.63, 3.8) is 0 Å². The molecule has 1 aromatic carbocycles. The van der Waals surface area contributed by atoms with Gasteiger partial charge in [-0.1, -0.05) is 6.07 Å². The third-order valence-electron chi connectivity index (χ3n) is 4.83. The molecule has 0 radical (unpaired) electrons. The number of hydrogen-bond acceptors (Lipinski definition) is 5. The van der Waals surface area contributed by atoms with E-state index in [9.17, 15) is 9.59 Å². The van der Waals surface area contributed by atoms with Gasteiger partial charge >= 0.3 is 0 Å². The fourth-order valence-corrected chi connectivity index (χ4v) is 3.23. The molecule has 0 unspecified atom stereocenters. The lowest BCUT2D eigenvalue weighted by Gasteiger charge is -2.14. The van der Waals surface area contributed by atoms with Crippen LogP contribution in [0.3, 0.4) is 0 Å². The Labute approximate surface area is 169 Å². The number of amides is 2. The molecule has 3 rings (SSSR count). The number of benzene rings is 1. The molecule has 0 aliphatic carbocycles. The first-order chi connectivity index (χ1) is 13.8. The van der Waals surface area contributed by atoms with E-state index in [4.69, 9.17) is 0 Å². The summed E-state index contributed by atoms with van der Waals surface area (Å²) in [6, 6.07) is 9.11. The summed E-state index contributed by atoms with van der Waals surface area (Å²) in [6.45, 7) is 5.83. The number of hydrogen-bond donors (Lipinski definition) is 2. The average molecular weight is 394 g/mol. The number of carbonyl (C=O) groups is 2. The molecule has 2 amide bonds. The van der Waals surface area contributed by atoms with Gasteiger partial charge in [0.2, 0.25) is 5.91 Å². The van der Waals surface area contributed by atoms with E-state index in [1.807, 2.05) is 51.9 Å². The van der Waals surface area contributed by atoms with Crippen molar-refractivity contribution in [3.05, 3.63) is 58.5 Å². The first-order valence-electron chi connectivity index (χ1n) is 9.45. The van der Waals surface area contributed by atoms with E-state index in [1.165, 1.54) is 0 Å². The summed E-state index contributed by atoms with van der Waals surface area (Å²) in [6.07, 6.45) is 0.741. The van der Waals surface area contributed by atoms with Crippen LogP contribution in [-0.2, 0) is 11.2 Å². The lowest BCUT2D eigenvalue weighted by atomic mass is 10.1. The van der Waals surface area contributed by atoms with Crippen LogP contribution in [0.1, 0.15) is 39.4 Å². The molecule has 0 spiro atoms. The first-order valence-corrected chi connectivity index (χ1v) is 9.45. The average Bonchev–Trinajstić information content (AvgIpc) is 3.06. The molecule has 2 N–H and O–H groups in total. The third kappa shape index (κ3) is 4.53. The standard InChI is InChI=1S/C21H26N6O2/c1-13-11-19-22-14(2)18(15(3)27(19)25-13)9-10-20(28)23-24-21(29)16-7-6-8-17(12-16)26(4)5/h6-8,11-12H,9-10H2,1-5H3,(H,23,28)(H,24,29). The Morgan fingerprint density at radius 2 is 1.86 bits per heavy atom. The lowest BCUT2D eigenvalue weighted by Crippen LogP contribution is -2.41. The van der Waals surface area contributed by atoms with Gasteiger partial charge in [-0.25, -0.2) is 9.50 Å². The maximum Gasteiger partial charge on any atom is 0.269 e. The summed E-state index contributed by atoms with van der Waals surface area (Å²) in [5.41, 5.74) is 10.9. The fourth-order valence-electron chi connectivity index (χ4n) is 3.23. The van der Waals surface area contributed by atoms with Gasteiger partial charge in [0.1, 0.15) is 0 Å². The van der Waals surface area contributed by atoms with Gasteiger partial charge in [0.15, 0.2) is 5.65 Å². The zero-order valence-electron chi connectivity index (χ0n) is 17.4. The summed E-state index contributed by atoms with van der Waals surface area (Å²) < 4.78 is 1.80. The summed E-state index contributed by atoms with van der Waals surface area (Å²) in [5.74, 6) is -0.623. The van der Waals surface area contributed by atoms with Crippen LogP contribution < -0.4 is 15.8 Å². The van der Waals surface area contributed by atoms with Crippen molar-refractivity contribution in [2.24, 2.45) is 0 Å². The van der Waals surface area contributed by atoms with Crippen molar-refractivity contribution < 1.29 is 9.59 Å². The SMILES string of the molecule is Cc1cc2nc(C)c(CCC(=O)NNC(=O)c3cccc(N(C)C)c3)c(C)n2n1. The molecule has 0 aliphatic rings. The minimum absolute atomic E-state index is 0.229. The lowest BCUT2D eigenvalue weighted by molar-refractivity contribution is -0.121. The molecule has 8 heteroatoms. The maximum atomic E-state index is 12.3. The third-order valence-corrected chi connectivity index (χ3v) is 4.83. The largest absolute Gasteiger partial charge is 0.378 e. The van der Waals surface area contributed by atoms with Crippen molar-refractivity contribution in [1.82, 2.24) is 25.4 Å². The van der Waals surface area contributed by atoms with Crippen molar-refractivity contribution in [2.45, 2.75) is 33.6 Å². The smallest absolute Gasteiger partial charge is 0.269 e. The Balaban J connectivity index is 1.60. The van der Waals surface area contributed by atoms with E-state index in [0.29, 0.717) is 12.0 Å². The molecule has 0 aliphatic heterocycles. The highest BCUT2D eigenvalue weighted by Crippen LogP contribution is 2.17. The second-order valence-corrected chi connectivity index (χ2v) is 7.26. The van der Waals surface area contributed by atoms with Crippen molar-refractivity contribution in [3.8, 4) is 0 Å². The summed E-state index contributed by atoms with van der Waals surface area (Å²) >= 11 is 0. The highest BCUT2D eigenvalue weighted by atomic mass is 16.2. The molecule has 2 heterocycles. The van der Waals surface area contributed by atoms with Gasteiger partial charge in [0.05, 0.1) is 5.69 Å². The molecular weight excluding hydrogens is 368 g/mol. The van der Waals surface area contributed by atoms with E-state index < -0.39 is 0 Å². The number of aryl methyl sites for hydroxylation is 3. The molecule has 0 bridgehead atoms. The number of nitrogens with one attached hydrogen (secondary N) is 2. The monoisotopic (exact) mass is 394 g/mol. The van der Waals surface area contributed by atoms with Gasteiger partial charge < -0.3 is 4.90 Å². The Morgan fingerprint density at radius 1 is 1.10 bits per heavy atom. The topological polar surface area (TPSA) is 91.6 Å². The fraction of sp³-hybridized carbons (Fsp3) is 0.333. The Kier molecular flexibility index (Phi) is 5.81. The zero-order chi connectivity index (χ0) is 21.1. The number of carbonyl (C=O) groups excluding carboxylic acids is 2. The molecule has 0 saturated carbocycles. The van der Waals surface area contributed by atoms with E-state index >= 15 is 0 Å². The van der Waals surface area contributed by atoms with Crippen LogP contribution in [-0.4, -0.2) is 40.5 Å². The van der Waals surface area contributed by atoms with Gasteiger partial charge in [-0.2, -0.15) is 5.10 Å². The number of rotatable bonds is 5. The molecule has 8 nitrogen and oxygen atoms in total. The summed E-state index contributed by atoms with van der Waals surface area (Å²) in [7, 11) is 3.80. The van der Waals surface area contributed by atoms with Crippen molar-refractivity contribution >= 4 is 23.1 Å². The van der Waals surface area contributed by atoms with Crippen LogP contribution >= 0.6 is 0 Å². The van der Waals surface area contributed by atoms with Crippen LogP contribution in [0, 0.1) is 20.8 Å². The quantitative estimate of drug-likeness (QED) is 0.647. The molecule has 0 fully saturated rings. The Morgan fingerprint density at radius 3 is 2.59 bits per heavy atom. The normalized spacial score (nSPS) is 10.8. The second-order valence-electron chi connectivity index (χ2n) is 7.26. The van der Waals surface area contributed by atoms with Gasteiger partial charge in [-0.15, -0.1) is 0 Å². The maximum absolute atomic E-state index is 12.3. The first kappa shape index (κ1) is 20.3. The van der Waals surface area contributed by atoms with Crippen LogP contribution in [0.4, 0.5) is 5.69 Å². The predicted octanol–water partition coefficient (Wildman–Crippen LogP) is 2.11. The molecule has 3 aromatic rings. The van der Waals surface area contributed by atoms with Gasteiger partial charge in [-0.05, 0) is 51.0 Å². The molecule has 2 aromatic heterocycles. The number of hydrazine groups is 1. The van der Waals surface area contributed by atoms with Gasteiger partial charge in [0, 0.05) is 49.2 Å². The van der Waals surface area contributed by atoms with Crippen molar-refractivity contribution in [1.29, 1.82) is 0 Å². The number of anilines is 1. The summed E-state index contributed by atoms with van der Waals surface area (Å²) in [4.78, 5) is 31.0. The van der Waals surface area contributed by atoms with Crippen LogP contribution in [0.25, 0.3) is 5.65 Å². The van der Waals surface area contributed by atoms with E-state index in [1.54, 1.807) is 22.7 Å². The minimum atomic E-state index is -0.357. The van der Waals surface area contributed by atoms with Crippen molar-refractivity contribution in [2.75, 3.05) is 19.0 Å². The molecule has 0 saturated heterocycles. The molecular formula is C21H26N6O2. The number of aromatic nitrogens is 3. The van der Waals surface area contributed by atoms with E-state index in [2.05, 4.69) is 20.9 Å².